The lowest BCUT2D eigenvalue weighted by atomic mass is 10.3. The Kier molecular flexibility index (Phi) is 6.01. The van der Waals surface area contributed by atoms with E-state index in [9.17, 15) is 0 Å². The Morgan fingerprint density at radius 2 is 1.32 bits per heavy atom. The van der Waals surface area contributed by atoms with Crippen LogP contribution in [-0.4, -0.2) is 0 Å². The second-order valence-corrected chi connectivity index (χ2v) is 8.33. The summed E-state index contributed by atoms with van der Waals surface area (Å²) in [6.45, 7) is 0. The van der Waals surface area contributed by atoms with Crippen LogP contribution in [0.25, 0.3) is 0 Å². The summed E-state index contributed by atoms with van der Waals surface area (Å²) in [5.74, 6) is 1.44. The van der Waals surface area contributed by atoms with Gasteiger partial charge in [-0.2, -0.15) is 0 Å². The second kappa shape index (κ2) is 6.92. The molecule has 1 nitrogen and oxygen atoms in total. The molecule has 0 spiro atoms. The summed E-state index contributed by atoms with van der Waals surface area (Å²) < 4.78 is 11.3. The molecule has 0 amide bonds. The fourth-order valence-corrected chi connectivity index (χ4v) is 4.05. The van der Waals surface area contributed by atoms with E-state index in [2.05, 4.69) is 95.6 Å². The fourth-order valence-electron chi connectivity index (χ4n) is 1.31. The lowest BCUT2D eigenvalue weighted by molar-refractivity contribution is 0.475. The molecule has 0 aliphatic carbocycles. The Labute approximate surface area is 161 Å². The molecule has 0 aromatic heterocycles. The van der Waals surface area contributed by atoms with Crippen LogP contribution in [0.3, 0.4) is 0 Å². The van der Waals surface area contributed by atoms with Gasteiger partial charge >= 0.3 is 0 Å². The summed E-state index contributed by atoms with van der Waals surface area (Å²) >= 11 is 20.9. The number of hydrogen-bond donors (Lipinski definition) is 0. The lowest BCUT2D eigenvalue weighted by Crippen LogP contribution is -1.89. The molecule has 0 saturated heterocycles. The van der Waals surface area contributed by atoms with Gasteiger partial charge in [0.25, 0.3) is 0 Å². The molecule has 100 valence electrons. The van der Waals surface area contributed by atoms with Gasteiger partial charge in [0, 0.05) is 13.4 Å². The highest BCUT2D eigenvalue weighted by Crippen LogP contribution is 2.45. The monoisotopic (exact) mass is 638 g/mol. The van der Waals surface area contributed by atoms with Gasteiger partial charge < -0.3 is 4.74 Å². The zero-order chi connectivity index (χ0) is 14.2. The van der Waals surface area contributed by atoms with Crippen LogP contribution in [0.2, 0.25) is 0 Å². The average molecular weight is 644 g/mol. The number of halogens is 6. The third-order valence-electron chi connectivity index (χ3n) is 2.21. The smallest absolute Gasteiger partial charge is 0.144 e. The molecule has 0 heterocycles. The van der Waals surface area contributed by atoms with Gasteiger partial charge in [-0.25, -0.2) is 0 Å². The SMILES string of the molecule is Brc1cccc(Oc2cc(Br)c(Br)c(Br)c2Br)c1Br. The van der Waals surface area contributed by atoms with Gasteiger partial charge in [-0.05, 0) is 114 Å². The molecular weight excluding hydrogens is 640 g/mol. The fraction of sp³-hybridized carbons (Fsp3) is 0. The predicted octanol–water partition coefficient (Wildman–Crippen LogP) is 8.05. The molecule has 0 unspecified atom stereocenters. The Balaban J connectivity index is 2.47. The topological polar surface area (TPSA) is 9.23 Å². The summed E-state index contributed by atoms with van der Waals surface area (Å²) in [6.07, 6.45) is 0. The van der Waals surface area contributed by atoms with Crippen LogP contribution >= 0.6 is 95.6 Å². The number of ether oxygens (including phenoxy) is 1. The standard InChI is InChI=1S/C12H4Br6O/c13-5-2-1-3-7(9(5)15)19-8-4-6(14)10(16)12(18)11(8)17/h1-4H. The van der Waals surface area contributed by atoms with Crippen molar-refractivity contribution in [1.82, 2.24) is 0 Å². The molecule has 0 atom stereocenters. The maximum Gasteiger partial charge on any atom is 0.144 e. The van der Waals surface area contributed by atoms with Gasteiger partial charge in [0.1, 0.15) is 11.5 Å². The molecule has 0 aliphatic rings. The van der Waals surface area contributed by atoms with Gasteiger partial charge in [-0.15, -0.1) is 0 Å². The summed E-state index contributed by atoms with van der Waals surface area (Å²) in [5.41, 5.74) is 0. The van der Waals surface area contributed by atoms with Gasteiger partial charge in [-0.1, -0.05) is 6.07 Å². The van der Waals surface area contributed by atoms with Crippen molar-refractivity contribution >= 4 is 95.6 Å². The van der Waals surface area contributed by atoms with E-state index < -0.39 is 0 Å². The minimum atomic E-state index is 0.709. The van der Waals surface area contributed by atoms with Crippen molar-refractivity contribution in [2.75, 3.05) is 0 Å². The van der Waals surface area contributed by atoms with Crippen LogP contribution in [0.4, 0.5) is 0 Å². The molecule has 19 heavy (non-hydrogen) atoms. The number of rotatable bonds is 2. The van der Waals surface area contributed by atoms with E-state index in [4.69, 9.17) is 4.74 Å². The molecule has 2 rings (SSSR count). The van der Waals surface area contributed by atoms with Gasteiger partial charge in [-0.3, -0.25) is 0 Å². The molecule has 0 radical (unpaired) electrons. The van der Waals surface area contributed by atoms with Gasteiger partial charge in [0.05, 0.1) is 13.4 Å². The number of benzene rings is 2. The molecule has 7 heteroatoms. The third-order valence-corrected chi connectivity index (χ3v) is 8.84. The van der Waals surface area contributed by atoms with Crippen LogP contribution in [-0.2, 0) is 0 Å². The zero-order valence-corrected chi connectivity index (χ0v) is 18.5. The van der Waals surface area contributed by atoms with Crippen LogP contribution in [0.5, 0.6) is 11.5 Å². The lowest BCUT2D eigenvalue weighted by Gasteiger charge is -2.13. The normalized spacial score (nSPS) is 10.6. The molecular formula is C12H4Br6O. The van der Waals surface area contributed by atoms with Crippen LogP contribution in [0.15, 0.2) is 51.1 Å². The maximum absolute atomic E-state index is 5.93. The first kappa shape index (κ1) is 16.5. The zero-order valence-electron chi connectivity index (χ0n) is 8.99. The molecule has 0 N–H and O–H groups in total. The van der Waals surface area contributed by atoms with Gasteiger partial charge in [0.2, 0.25) is 0 Å². The summed E-state index contributed by atoms with van der Waals surface area (Å²) in [4.78, 5) is 0. The van der Waals surface area contributed by atoms with Crippen LogP contribution in [0, 0.1) is 0 Å². The van der Waals surface area contributed by atoms with E-state index in [-0.39, 0.29) is 0 Å². The van der Waals surface area contributed by atoms with E-state index in [1.165, 1.54) is 0 Å². The molecule has 0 bridgehead atoms. The quantitative estimate of drug-likeness (QED) is 0.238. The molecule has 2 aromatic rings. The highest BCUT2D eigenvalue weighted by atomic mass is 79.9. The highest BCUT2D eigenvalue weighted by molar-refractivity contribution is 9.15. The van der Waals surface area contributed by atoms with Crippen molar-refractivity contribution in [3.63, 3.8) is 0 Å². The first-order valence-electron chi connectivity index (χ1n) is 4.86. The van der Waals surface area contributed by atoms with Crippen molar-refractivity contribution < 1.29 is 4.74 Å². The van der Waals surface area contributed by atoms with Crippen molar-refractivity contribution in [2.24, 2.45) is 0 Å². The van der Waals surface area contributed by atoms with Crippen molar-refractivity contribution in [2.45, 2.75) is 0 Å². The summed E-state index contributed by atoms with van der Waals surface area (Å²) in [7, 11) is 0. The van der Waals surface area contributed by atoms with E-state index in [1.807, 2.05) is 24.3 Å². The second-order valence-electron chi connectivity index (χ2n) is 3.45. The average Bonchev–Trinajstić information content (AvgIpc) is 2.38. The Morgan fingerprint density at radius 1 is 0.632 bits per heavy atom. The van der Waals surface area contributed by atoms with Gasteiger partial charge in [0.15, 0.2) is 0 Å². The Hall–Kier alpha value is 1.12. The molecule has 0 fully saturated rings. The molecule has 0 saturated carbocycles. The van der Waals surface area contributed by atoms with Crippen molar-refractivity contribution in [3.05, 3.63) is 51.1 Å². The Morgan fingerprint density at radius 3 is 2.00 bits per heavy atom. The molecule has 0 aliphatic heterocycles. The predicted molar refractivity (Wildman–Crippen MR) is 99.2 cm³/mol. The van der Waals surface area contributed by atoms with E-state index in [0.717, 1.165) is 32.6 Å². The molecule has 2 aromatic carbocycles. The van der Waals surface area contributed by atoms with E-state index >= 15 is 0 Å². The third kappa shape index (κ3) is 3.66. The summed E-state index contributed by atoms with van der Waals surface area (Å²) in [6, 6.07) is 7.65. The summed E-state index contributed by atoms with van der Waals surface area (Å²) in [5, 5.41) is 0. The van der Waals surface area contributed by atoms with Crippen molar-refractivity contribution in [3.8, 4) is 11.5 Å². The van der Waals surface area contributed by atoms with Crippen LogP contribution < -0.4 is 4.74 Å². The highest BCUT2D eigenvalue weighted by Gasteiger charge is 2.15. The Bertz CT molecular complexity index is 641. The number of hydrogen-bond acceptors (Lipinski definition) is 1. The first-order chi connectivity index (χ1) is 8.91. The first-order valence-corrected chi connectivity index (χ1v) is 9.62. The van der Waals surface area contributed by atoms with E-state index in [1.54, 1.807) is 0 Å². The maximum atomic E-state index is 5.93. The largest absolute Gasteiger partial charge is 0.455 e. The van der Waals surface area contributed by atoms with Crippen molar-refractivity contribution in [1.29, 1.82) is 0 Å². The minimum Gasteiger partial charge on any atom is -0.455 e. The minimum absolute atomic E-state index is 0.709. The van der Waals surface area contributed by atoms with Crippen LogP contribution in [0.1, 0.15) is 0 Å². The van der Waals surface area contributed by atoms with E-state index in [0.29, 0.717) is 5.75 Å².